The van der Waals surface area contributed by atoms with E-state index in [1.54, 1.807) is 29.3 Å². The summed E-state index contributed by atoms with van der Waals surface area (Å²) in [5.41, 5.74) is 0. The summed E-state index contributed by atoms with van der Waals surface area (Å²) < 4.78 is 2.37. The van der Waals surface area contributed by atoms with Crippen LogP contribution in [0.4, 0.5) is 0 Å². The first-order valence-electron chi connectivity index (χ1n) is 3.35. The van der Waals surface area contributed by atoms with Crippen molar-refractivity contribution < 1.29 is 0 Å². The average molecular weight is 225 g/mol. The van der Waals surface area contributed by atoms with Crippen LogP contribution < -0.4 is 0 Å². The molecular formula is C7H5BrN4. The van der Waals surface area contributed by atoms with E-state index in [9.17, 15) is 0 Å². The molecule has 60 valence electrons. The van der Waals surface area contributed by atoms with Gasteiger partial charge >= 0.3 is 0 Å². The Balaban J connectivity index is 2.45. The third kappa shape index (κ3) is 1.35. The van der Waals surface area contributed by atoms with Crippen molar-refractivity contribution in [2.75, 3.05) is 0 Å². The van der Waals surface area contributed by atoms with Crippen LogP contribution in [0.3, 0.4) is 0 Å². The maximum atomic E-state index is 4.09. The van der Waals surface area contributed by atoms with E-state index in [4.69, 9.17) is 0 Å². The van der Waals surface area contributed by atoms with Crippen LogP contribution in [0.25, 0.3) is 5.95 Å². The normalized spacial score (nSPS) is 10.1. The van der Waals surface area contributed by atoms with E-state index in [0.717, 1.165) is 4.60 Å². The summed E-state index contributed by atoms with van der Waals surface area (Å²) in [6.45, 7) is 0. The summed E-state index contributed by atoms with van der Waals surface area (Å²) in [5.74, 6) is 0.572. The molecule has 0 aliphatic carbocycles. The van der Waals surface area contributed by atoms with E-state index in [0.29, 0.717) is 5.95 Å². The van der Waals surface area contributed by atoms with Gasteiger partial charge in [0, 0.05) is 18.6 Å². The first-order chi connectivity index (χ1) is 5.86. The van der Waals surface area contributed by atoms with Gasteiger partial charge in [-0.05, 0) is 28.1 Å². The van der Waals surface area contributed by atoms with E-state index in [-0.39, 0.29) is 0 Å². The second-order valence-corrected chi connectivity index (χ2v) is 2.94. The van der Waals surface area contributed by atoms with E-state index in [1.165, 1.54) is 0 Å². The summed E-state index contributed by atoms with van der Waals surface area (Å²) in [6, 6.07) is 3.60. The quantitative estimate of drug-likeness (QED) is 0.737. The Labute approximate surface area is 77.4 Å². The van der Waals surface area contributed by atoms with Crippen molar-refractivity contribution in [3.63, 3.8) is 0 Å². The fraction of sp³-hybridized carbons (Fsp3) is 0. The predicted molar refractivity (Wildman–Crippen MR) is 46.9 cm³/mol. The highest BCUT2D eigenvalue weighted by molar-refractivity contribution is 9.10. The molecule has 4 nitrogen and oxygen atoms in total. The summed E-state index contributed by atoms with van der Waals surface area (Å²) in [6.07, 6.45) is 5.15. The average Bonchev–Trinajstić information content (AvgIpc) is 2.54. The minimum atomic E-state index is 0.572. The highest BCUT2D eigenvalue weighted by atomic mass is 79.9. The van der Waals surface area contributed by atoms with Crippen molar-refractivity contribution in [1.29, 1.82) is 0 Å². The Kier molecular flexibility index (Phi) is 1.87. The van der Waals surface area contributed by atoms with Crippen molar-refractivity contribution >= 4 is 15.9 Å². The molecule has 0 bridgehead atoms. The number of hydrogen-bond acceptors (Lipinski definition) is 3. The second kappa shape index (κ2) is 3.02. The van der Waals surface area contributed by atoms with Crippen LogP contribution >= 0.6 is 15.9 Å². The Morgan fingerprint density at radius 3 is 2.58 bits per heavy atom. The van der Waals surface area contributed by atoms with Crippen molar-refractivity contribution in [2.45, 2.75) is 0 Å². The van der Waals surface area contributed by atoms with Gasteiger partial charge in [0.2, 0.25) is 5.95 Å². The first kappa shape index (κ1) is 7.42. The van der Waals surface area contributed by atoms with Gasteiger partial charge in [-0.3, -0.25) is 0 Å². The van der Waals surface area contributed by atoms with Gasteiger partial charge in [-0.2, -0.15) is 5.10 Å². The maximum Gasteiger partial charge on any atom is 0.250 e. The van der Waals surface area contributed by atoms with Crippen molar-refractivity contribution in [1.82, 2.24) is 19.7 Å². The molecule has 0 aromatic carbocycles. The zero-order valence-electron chi connectivity index (χ0n) is 6.05. The molecule has 5 heteroatoms. The zero-order valence-corrected chi connectivity index (χ0v) is 7.64. The Hall–Kier alpha value is -1.23. The molecule has 2 heterocycles. The van der Waals surface area contributed by atoms with Crippen LogP contribution in [0.5, 0.6) is 0 Å². The molecule has 0 atom stereocenters. The zero-order chi connectivity index (χ0) is 8.39. The van der Waals surface area contributed by atoms with Gasteiger partial charge in [0.05, 0.1) is 0 Å². The Bertz CT molecular complexity index is 370. The minimum absolute atomic E-state index is 0.572. The lowest BCUT2D eigenvalue weighted by atomic mass is 10.7. The fourth-order valence-electron chi connectivity index (χ4n) is 0.823. The summed E-state index contributed by atoms with van der Waals surface area (Å²) in [5, 5.41) is 4.09. The predicted octanol–water partition coefficient (Wildman–Crippen LogP) is 1.42. The van der Waals surface area contributed by atoms with Gasteiger partial charge in [-0.15, -0.1) is 0 Å². The minimum Gasteiger partial charge on any atom is -0.220 e. The smallest absolute Gasteiger partial charge is 0.220 e. The number of aromatic nitrogens is 4. The third-order valence-corrected chi connectivity index (χ3v) is 1.74. The van der Waals surface area contributed by atoms with Crippen LogP contribution in [0.1, 0.15) is 0 Å². The van der Waals surface area contributed by atoms with Crippen LogP contribution in [0, 0.1) is 0 Å². The van der Waals surface area contributed by atoms with E-state index < -0.39 is 0 Å². The molecule has 12 heavy (non-hydrogen) atoms. The molecule has 2 aromatic rings. The number of nitrogens with zero attached hydrogens (tertiary/aromatic N) is 4. The molecule has 0 aliphatic rings. The lowest BCUT2D eigenvalue weighted by molar-refractivity contribution is 0.801. The summed E-state index contributed by atoms with van der Waals surface area (Å²) in [4.78, 5) is 8.06. The highest BCUT2D eigenvalue weighted by Gasteiger charge is 1.98. The third-order valence-electron chi connectivity index (χ3n) is 1.31. The molecule has 0 spiro atoms. The number of rotatable bonds is 1. The molecule has 0 saturated heterocycles. The van der Waals surface area contributed by atoms with Gasteiger partial charge < -0.3 is 0 Å². The monoisotopic (exact) mass is 224 g/mol. The molecule has 2 rings (SSSR count). The van der Waals surface area contributed by atoms with E-state index in [2.05, 4.69) is 31.0 Å². The van der Waals surface area contributed by atoms with E-state index in [1.807, 2.05) is 6.07 Å². The largest absolute Gasteiger partial charge is 0.250 e. The van der Waals surface area contributed by atoms with Crippen molar-refractivity contribution in [2.24, 2.45) is 0 Å². The van der Waals surface area contributed by atoms with Gasteiger partial charge in [0.25, 0.3) is 0 Å². The standard InChI is InChI=1S/C7H5BrN4/c8-6-2-5-12(11-6)7-9-3-1-4-10-7/h1-5H. The molecule has 0 fully saturated rings. The number of hydrogen-bond donors (Lipinski definition) is 0. The van der Waals surface area contributed by atoms with Crippen LogP contribution in [0.2, 0.25) is 0 Å². The number of halogens is 1. The fourth-order valence-corrected chi connectivity index (χ4v) is 1.11. The Morgan fingerprint density at radius 2 is 2.00 bits per heavy atom. The molecule has 0 unspecified atom stereocenters. The lowest BCUT2D eigenvalue weighted by Gasteiger charge is -1.95. The van der Waals surface area contributed by atoms with Crippen molar-refractivity contribution in [3.05, 3.63) is 35.3 Å². The molecule has 2 aromatic heterocycles. The lowest BCUT2D eigenvalue weighted by Crippen LogP contribution is -1.99. The van der Waals surface area contributed by atoms with Crippen molar-refractivity contribution in [3.8, 4) is 5.95 Å². The van der Waals surface area contributed by atoms with Crippen LogP contribution in [-0.2, 0) is 0 Å². The van der Waals surface area contributed by atoms with Gasteiger partial charge in [-0.1, -0.05) is 0 Å². The molecular weight excluding hydrogens is 220 g/mol. The van der Waals surface area contributed by atoms with Gasteiger partial charge in [-0.25, -0.2) is 14.6 Å². The highest BCUT2D eigenvalue weighted by Crippen LogP contribution is 2.06. The van der Waals surface area contributed by atoms with Crippen LogP contribution in [0.15, 0.2) is 35.3 Å². The second-order valence-electron chi connectivity index (χ2n) is 2.13. The van der Waals surface area contributed by atoms with Crippen LogP contribution in [-0.4, -0.2) is 19.7 Å². The molecule has 0 saturated carbocycles. The topological polar surface area (TPSA) is 43.6 Å². The first-order valence-corrected chi connectivity index (χ1v) is 4.14. The SMILES string of the molecule is Brc1ccn(-c2ncccn2)n1. The molecule has 0 aliphatic heterocycles. The molecule has 0 N–H and O–H groups in total. The Morgan fingerprint density at radius 1 is 1.25 bits per heavy atom. The molecule has 0 radical (unpaired) electrons. The van der Waals surface area contributed by atoms with E-state index >= 15 is 0 Å². The van der Waals surface area contributed by atoms with Gasteiger partial charge in [0.15, 0.2) is 0 Å². The molecule has 0 amide bonds. The van der Waals surface area contributed by atoms with Gasteiger partial charge in [0.1, 0.15) is 4.60 Å². The maximum absolute atomic E-state index is 4.09. The summed E-state index contributed by atoms with van der Waals surface area (Å²) >= 11 is 3.24. The summed E-state index contributed by atoms with van der Waals surface area (Å²) in [7, 11) is 0.